The van der Waals surface area contributed by atoms with Crippen molar-refractivity contribution in [2.45, 2.75) is 59.4 Å². The largest absolute Gasteiger partial charge is 0.355 e. The maximum Gasteiger partial charge on any atom is 0.233 e. The van der Waals surface area contributed by atoms with Gasteiger partial charge in [0.2, 0.25) is 11.8 Å². The van der Waals surface area contributed by atoms with Crippen LogP contribution in [0.25, 0.3) is 0 Å². The summed E-state index contributed by atoms with van der Waals surface area (Å²) in [7, 11) is 0. The highest BCUT2D eigenvalue weighted by Crippen LogP contribution is 2.35. The minimum atomic E-state index is -0.524. The SMILES string of the molecule is C[C@@H]1CCCC[C@@H]1NC(=O)[C@@H]1C(=O)NC[C@H]1C(C)(C)C. The Hall–Kier alpha value is -1.06. The maximum atomic E-state index is 12.6. The highest BCUT2D eigenvalue weighted by atomic mass is 16.2. The van der Waals surface area contributed by atoms with Gasteiger partial charge < -0.3 is 10.6 Å². The summed E-state index contributed by atoms with van der Waals surface area (Å²) in [5.74, 6) is -0.104. The van der Waals surface area contributed by atoms with Crippen LogP contribution in [0.5, 0.6) is 0 Å². The fourth-order valence-electron chi connectivity index (χ4n) is 3.53. The van der Waals surface area contributed by atoms with E-state index in [-0.39, 0.29) is 29.2 Å². The molecule has 20 heavy (non-hydrogen) atoms. The molecular weight excluding hydrogens is 252 g/mol. The molecule has 0 radical (unpaired) electrons. The first-order chi connectivity index (χ1) is 9.30. The molecule has 0 bridgehead atoms. The number of hydrogen-bond donors (Lipinski definition) is 2. The van der Waals surface area contributed by atoms with E-state index in [1.165, 1.54) is 19.3 Å². The number of carbonyl (C=O) groups excluding carboxylic acids is 2. The summed E-state index contributed by atoms with van der Waals surface area (Å²) in [4.78, 5) is 24.6. The molecule has 2 aliphatic rings. The normalized spacial score (nSPS) is 34.7. The van der Waals surface area contributed by atoms with Gasteiger partial charge in [0.05, 0.1) is 0 Å². The lowest BCUT2D eigenvalue weighted by Gasteiger charge is -2.33. The van der Waals surface area contributed by atoms with Crippen LogP contribution in [0.2, 0.25) is 0 Å². The first-order valence-corrected chi connectivity index (χ1v) is 7.89. The topological polar surface area (TPSA) is 58.2 Å². The van der Waals surface area contributed by atoms with Gasteiger partial charge in [0.25, 0.3) is 0 Å². The molecule has 4 atom stereocenters. The van der Waals surface area contributed by atoms with Crippen molar-refractivity contribution in [3.63, 3.8) is 0 Å². The molecule has 2 amide bonds. The van der Waals surface area contributed by atoms with Gasteiger partial charge in [0.1, 0.15) is 5.92 Å². The third-order valence-corrected chi connectivity index (χ3v) is 5.02. The Morgan fingerprint density at radius 2 is 1.90 bits per heavy atom. The van der Waals surface area contributed by atoms with Crippen LogP contribution in [0.4, 0.5) is 0 Å². The second-order valence-electron chi connectivity index (χ2n) is 7.57. The number of nitrogens with one attached hydrogen (secondary N) is 2. The summed E-state index contributed by atoms with van der Waals surface area (Å²) in [5, 5.41) is 6.00. The molecule has 0 aromatic carbocycles. The van der Waals surface area contributed by atoms with E-state index in [4.69, 9.17) is 0 Å². The fraction of sp³-hybridized carbons (Fsp3) is 0.875. The Morgan fingerprint density at radius 1 is 1.25 bits per heavy atom. The molecule has 4 heteroatoms. The molecule has 1 aliphatic carbocycles. The zero-order valence-electron chi connectivity index (χ0n) is 13.2. The highest BCUT2D eigenvalue weighted by Gasteiger charge is 2.46. The molecule has 0 aromatic rings. The predicted molar refractivity (Wildman–Crippen MR) is 79.0 cm³/mol. The Kier molecular flexibility index (Phi) is 4.40. The smallest absolute Gasteiger partial charge is 0.233 e. The van der Waals surface area contributed by atoms with E-state index in [0.29, 0.717) is 12.5 Å². The molecule has 1 aliphatic heterocycles. The van der Waals surface area contributed by atoms with Gasteiger partial charge in [-0.3, -0.25) is 9.59 Å². The van der Waals surface area contributed by atoms with Gasteiger partial charge in [0.15, 0.2) is 0 Å². The van der Waals surface area contributed by atoms with Crippen LogP contribution in [-0.2, 0) is 9.59 Å². The van der Waals surface area contributed by atoms with Crippen LogP contribution >= 0.6 is 0 Å². The molecule has 4 nitrogen and oxygen atoms in total. The lowest BCUT2D eigenvalue weighted by atomic mass is 9.74. The Labute approximate surface area is 122 Å². The van der Waals surface area contributed by atoms with Crippen LogP contribution in [0.1, 0.15) is 53.4 Å². The molecule has 0 spiro atoms. The number of rotatable bonds is 2. The molecule has 1 heterocycles. The zero-order valence-corrected chi connectivity index (χ0v) is 13.2. The monoisotopic (exact) mass is 280 g/mol. The van der Waals surface area contributed by atoms with E-state index < -0.39 is 5.92 Å². The number of carbonyl (C=O) groups is 2. The minimum absolute atomic E-state index is 0.0423. The molecule has 1 saturated heterocycles. The average Bonchev–Trinajstić information content (AvgIpc) is 2.74. The first kappa shape index (κ1) is 15.3. The van der Waals surface area contributed by atoms with E-state index in [1.807, 2.05) is 0 Å². The van der Waals surface area contributed by atoms with Crippen molar-refractivity contribution in [3.05, 3.63) is 0 Å². The van der Waals surface area contributed by atoms with Crippen molar-refractivity contribution < 1.29 is 9.59 Å². The molecule has 2 rings (SSSR count). The molecule has 114 valence electrons. The van der Waals surface area contributed by atoms with Gasteiger partial charge in [-0.25, -0.2) is 0 Å². The summed E-state index contributed by atoms with van der Waals surface area (Å²) in [6.07, 6.45) is 4.64. The third-order valence-electron chi connectivity index (χ3n) is 5.02. The molecule has 2 N–H and O–H groups in total. The van der Waals surface area contributed by atoms with Crippen molar-refractivity contribution >= 4 is 11.8 Å². The summed E-state index contributed by atoms with van der Waals surface area (Å²) >= 11 is 0. The van der Waals surface area contributed by atoms with Gasteiger partial charge in [-0.1, -0.05) is 40.5 Å². The Morgan fingerprint density at radius 3 is 2.50 bits per heavy atom. The van der Waals surface area contributed by atoms with Crippen molar-refractivity contribution in [3.8, 4) is 0 Å². The number of hydrogen-bond acceptors (Lipinski definition) is 2. The van der Waals surface area contributed by atoms with Crippen molar-refractivity contribution in [1.82, 2.24) is 10.6 Å². The van der Waals surface area contributed by atoms with Crippen LogP contribution in [0.15, 0.2) is 0 Å². The van der Waals surface area contributed by atoms with Crippen molar-refractivity contribution in [2.75, 3.05) is 6.54 Å². The minimum Gasteiger partial charge on any atom is -0.355 e. The van der Waals surface area contributed by atoms with E-state index in [1.54, 1.807) is 0 Å². The second-order valence-corrected chi connectivity index (χ2v) is 7.57. The molecular formula is C16H28N2O2. The van der Waals surface area contributed by atoms with E-state index >= 15 is 0 Å². The summed E-state index contributed by atoms with van der Waals surface area (Å²) in [6.45, 7) is 9.10. The van der Waals surface area contributed by atoms with Gasteiger partial charge >= 0.3 is 0 Å². The molecule has 0 aromatic heterocycles. The van der Waals surface area contributed by atoms with E-state index in [2.05, 4.69) is 38.3 Å². The van der Waals surface area contributed by atoms with E-state index in [0.717, 1.165) is 6.42 Å². The van der Waals surface area contributed by atoms with Gasteiger partial charge in [-0.15, -0.1) is 0 Å². The quantitative estimate of drug-likeness (QED) is 0.761. The average molecular weight is 280 g/mol. The highest BCUT2D eigenvalue weighted by molar-refractivity contribution is 6.02. The zero-order chi connectivity index (χ0) is 14.9. The van der Waals surface area contributed by atoms with Crippen LogP contribution in [-0.4, -0.2) is 24.4 Å². The molecule has 1 saturated carbocycles. The summed E-state index contributed by atoms with van der Waals surface area (Å²) in [6, 6.07) is 0.241. The standard InChI is InChI=1S/C16H28N2O2/c1-10-7-5-6-8-12(10)18-15(20)13-11(16(2,3)4)9-17-14(13)19/h10-13H,5-9H2,1-4H3,(H,17,19)(H,18,20)/t10-,11-,12+,13+/m1/s1. The Balaban J connectivity index is 2.04. The first-order valence-electron chi connectivity index (χ1n) is 7.89. The van der Waals surface area contributed by atoms with Gasteiger partial charge in [-0.2, -0.15) is 0 Å². The maximum absolute atomic E-state index is 12.6. The fourth-order valence-corrected chi connectivity index (χ4v) is 3.53. The van der Waals surface area contributed by atoms with Crippen LogP contribution in [0.3, 0.4) is 0 Å². The van der Waals surface area contributed by atoms with Crippen molar-refractivity contribution in [1.29, 1.82) is 0 Å². The van der Waals surface area contributed by atoms with Gasteiger partial charge in [0, 0.05) is 18.5 Å². The van der Waals surface area contributed by atoms with Crippen LogP contribution in [0, 0.1) is 23.2 Å². The predicted octanol–water partition coefficient (Wildman–Crippen LogP) is 2.09. The number of amides is 2. The third kappa shape index (κ3) is 3.15. The Bertz CT molecular complexity index is 386. The van der Waals surface area contributed by atoms with E-state index in [9.17, 15) is 9.59 Å². The summed E-state index contributed by atoms with van der Waals surface area (Å²) < 4.78 is 0. The van der Waals surface area contributed by atoms with Crippen LogP contribution < -0.4 is 10.6 Å². The second kappa shape index (κ2) is 5.74. The molecule has 2 fully saturated rings. The van der Waals surface area contributed by atoms with Gasteiger partial charge in [-0.05, 0) is 24.2 Å². The summed E-state index contributed by atoms with van der Waals surface area (Å²) in [5.41, 5.74) is -0.0423. The molecule has 0 unspecified atom stereocenters. The lowest BCUT2D eigenvalue weighted by Crippen LogP contribution is -2.47. The van der Waals surface area contributed by atoms with Crippen molar-refractivity contribution in [2.24, 2.45) is 23.2 Å². The lowest BCUT2D eigenvalue weighted by molar-refractivity contribution is -0.136.